The average molecular weight is 274 g/mol. The van der Waals surface area contributed by atoms with Gasteiger partial charge in [0.1, 0.15) is 0 Å². The van der Waals surface area contributed by atoms with Crippen LogP contribution in [0.4, 0.5) is 0 Å². The van der Waals surface area contributed by atoms with Crippen molar-refractivity contribution in [2.45, 2.75) is 27.2 Å². The minimum Gasteiger partial charge on any atom is -0.481 e. The van der Waals surface area contributed by atoms with Gasteiger partial charge in [-0.3, -0.25) is 9.59 Å². The van der Waals surface area contributed by atoms with E-state index in [1.807, 2.05) is 4.90 Å². The van der Waals surface area contributed by atoms with Crippen LogP contribution in [0, 0.1) is 5.92 Å². The highest BCUT2D eigenvalue weighted by molar-refractivity contribution is 5.69. The summed E-state index contributed by atoms with van der Waals surface area (Å²) in [6.07, 6.45) is 0.0462. The summed E-state index contributed by atoms with van der Waals surface area (Å²) in [5, 5.41) is 17.6. The maximum atomic E-state index is 10.9. The largest absolute Gasteiger partial charge is 0.481 e. The van der Waals surface area contributed by atoms with Crippen molar-refractivity contribution in [3.63, 3.8) is 0 Å². The van der Waals surface area contributed by atoms with Gasteiger partial charge in [0.15, 0.2) is 0 Å². The van der Waals surface area contributed by atoms with Crippen molar-refractivity contribution in [2.24, 2.45) is 5.92 Å². The molecule has 19 heavy (non-hydrogen) atoms. The first-order chi connectivity index (χ1) is 8.90. The third kappa shape index (κ3) is 8.56. The Labute approximate surface area is 115 Å². The van der Waals surface area contributed by atoms with E-state index in [2.05, 4.69) is 18.7 Å². The number of nitrogens with zero attached hydrogens (tertiary/aromatic N) is 2. The van der Waals surface area contributed by atoms with Crippen molar-refractivity contribution in [1.29, 1.82) is 0 Å². The highest BCUT2D eigenvalue weighted by atomic mass is 16.4. The van der Waals surface area contributed by atoms with Crippen LogP contribution in [0.15, 0.2) is 0 Å². The normalized spacial score (nSPS) is 12.9. The van der Waals surface area contributed by atoms with Crippen molar-refractivity contribution in [3.8, 4) is 0 Å². The van der Waals surface area contributed by atoms with Crippen LogP contribution in [0.2, 0.25) is 0 Å². The van der Waals surface area contributed by atoms with E-state index in [9.17, 15) is 9.59 Å². The van der Waals surface area contributed by atoms with Crippen LogP contribution in [0.5, 0.6) is 0 Å². The molecule has 0 rings (SSSR count). The fourth-order valence-electron chi connectivity index (χ4n) is 1.84. The third-order valence-corrected chi connectivity index (χ3v) is 3.22. The standard InChI is InChI=1S/C13H26N2O4/c1-4-14(5-2)8-9-15(7-6-12(16)17)10-11(3)13(18)19/h11H,4-10H2,1-3H3,(H,16,17)(H,18,19). The summed E-state index contributed by atoms with van der Waals surface area (Å²) in [6, 6.07) is 0. The van der Waals surface area contributed by atoms with E-state index in [4.69, 9.17) is 10.2 Å². The molecule has 0 radical (unpaired) electrons. The molecule has 0 aliphatic rings. The summed E-state index contributed by atoms with van der Waals surface area (Å²) < 4.78 is 0. The highest BCUT2D eigenvalue weighted by Crippen LogP contribution is 2.02. The van der Waals surface area contributed by atoms with Crippen molar-refractivity contribution in [1.82, 2.24) is 9.80 Å². The Kier molecular flexibility index (Phi) is 9.16. The summed E-state index contributed by atoms with van der Waals surface area (Å²) >= 11 is 0. The fourth-order valence-corrected chi connectivity index (χ4v) is 1.84. The van der Waals surface area contributed by atoms with E-state index in [0.29, 0.717) is 19.6 Å². The van der Waals surface area contributed by atoms with Gasteiger partial charge in [0, 0.05) is 26.2 Å². The van der Waals surface area contributed by atoms with E-state index >= 15 is 0 Å². The molecule has 0 fully saturated rings. The number of hydrogen-bond acceptors (Lipinski definition) is 4. The van der Waals surface area contributed by atoms with Crippen LogP contribution in [0.1, 0.15) is 27.2 Å². The molecule has 0 aromatic carbocycles. The Bertz CT molecular complexity index is 280. The van der Waals surface area contributed by atoms with E-state index in [-0.39, 0.29) is 6.42 Å². The molecular formula is C13H26N2O4. The number of carboxylic acid groups (broad SMARTS) is 2. The quantitative estimate of drug-likeness (QED) is 0.581. The zero-order valence-electron chi connectivity index (χ0n) is 12.1. The predicted octanol–water partition coefficient (Wildman–Crippen LogP) is 0.826. The maximum Gasteiger partial charge on any atom is 0.307 e. The van der Waals surface area contributed by atoms with Crippen LogP contribution >= 0.6 is 0 Å². The molecule has 0 aliphatic heterocycles. The number of aliphatic carboxylic acids is 2. The number of rotatable bonds is 11. The maximum absolute atomic E-state index is 10.9. The molecular weight excluding hydrogens is 248 g/mol. The molecule has 0 spiro atoms. The molecule has 0 aliphatic carbocycles. The van der Waals surface area contributed by atoms with E-state index in [0.717, 1.165) is 19.6 Å². The first-order valence-corrected chi connectivity index (χ1v) is 6.79. The topological polar surface area (TPSA) is 81.1 Å². The van der Waals surface area contributed by atoms with Crippen molar-refractivity contribution < 1.29 is 19.8 Å². The zero-order valence-corrected chi connectivity index (χ0v) is 12.1. The third-order valence-electron chi connectivity index (χ3n) is 3.22. The monoisotopic (exact) mass is 274 g/mol. The van der Waals surface area contributed by atoms with Gasteiger partial charge >= 0.3 is 11.9 Å². The van der Waals surface area contributed by atoms with Gasteiger partial charge in [-0.1, -0.05) is 20.8 Å². The molecule has 0 aromatic rings. The lowest BCUT2D eigenvalue weighted by Crippen LogP contribution is -2.39. The van der Waals surface area contributed by atoms with E-state index in [1.54, 1.807) is 6.92 Å². The van der Waals surface area contributed by atoms with Gasteiger partial charge in [-0.15, -0.1) is 0 Å². The highest BCUT2D eigenvalue weighted by Gasteiger charge is 2.17. The molecule has 0 heterocycles. The van der Waals surface area contributed by atoms with Crippen molar-refractivity contribution in [2.75, 3.05) is 39.3 Å². The molecule has 0 aromatic heterocycles. The molecule has 112 valence electrons. The molecule has 0 saturated heterocycles. The summed E-state index contributed by atoms with van der Waals surface area (Å²) in [5.41, 5.74) is 0. The number of carboxylic acids is 2. The molecule has 6 nitrogen and oxygen atoms in total. The van der Waals surface area contributed by atoms with Crippen LogP contribution in [-0.2, 0) is 9.59 Å². The van der Waals surface area contributed by atoms with E-state index < -0.39 is 17.9 Å². The molecule has 1 unspecified atom stereocenters. The lowest BCUT2D eigenvalue weighted by molar-refractivity contribution is -0.141. The predicted molar refractivity (Wildman–Crippen MR) is 73.3 cm³/mol. The van der Waals surface area contributed by atoms with Crippen LogP contribution < -0.4 is 0 Å². The van der Waals surface area contributed by atoms with Gasteiger partial charge in [-0.2, -0.15) is 0 Å². The lowest BCUT2D eigenvalue weighted by Gasteiger charge is -2.27. The SMILES string of the molecule is CCN(CC)CCN(CCC(=O)O)CC(C)C(=O)O. The van der Waals surface area contributed by atoms with E-state index in [1.165, 1.54) is 0 Å². The Hall–Kier alpha value is -1.14. The zero-order chi connectivity index (χ0) is 14.8. The Morgan fingerprint density at radius 2 is 1.53 bits per heavy atom. The van der Waals surface area contributed by atoms with Crippen molar-refractivity contribution in [3.05, 3.63) is 0 Å². The fraction of sp³-hybridized carbons (Fsp3) is 0.846. The van der Waals surface area contributed by atoms with Crippen LogP contribution in [-0.4, -0.2) is 71.2 Å². The molecule has 1 atom stereocenters. The van der Waals surface area contributed by atoms with Gasteiger partial charge in [0.2, 0.25) is 0 Å². The minimum atomic E-state index is -0.851. The molecule has 0 amide bonds. The number of carbonyl (C=O) groups is 2. The summed E-state index contributed by atoms with van der Waals surface area (Å²) in [6.45, 7) is 10.0. The summed E-state index contributed by atoms with van der Waals surface area (Å²) in [7, 11) is 0. The van der Waals surface area contributed by atoms with Gasteiger partial charge in [-0.25, -0.2) is 0 Å². The first-order valence-electron chi connectivity index (χ1n) is 6.79. The number of likely N-dealkylation sites (N-methyl/N-ethyl adjacent to an activating group) is 1. The van der Waals surface area contributed by atoms with Gasteiger partial charge < -0.3 is 20.0 Å². The molecule has 2 N–H and O–H groups in total. The second kappa shape index (κ2) is 9.75. The Morgan fingerprint density at radius 3 is 1.95 bits per heavy atom. The summed E-state index contributed by atoms with van der Waals surface area (Å²) in [4.78, 5) is 25.6. The van der Waals surface area contributed by atoms with Gasteiger partial charge in [0.05, 0.1) is 12.3 Å². The molecule has 0 saturated carbocycles. The Balaban J connectivity index is 4.31. The second-order valence-electron chi connectivity index (χ2n) is 4.71. The first kappa shape index (κ1) is 17.9. The van der Waals surface area contributed by atoms with Gasteiger partial charge in [-0.05, 0) is 13.1 Å². The lowest BCUT2D eigenvalue weighted by atomic mass is 10.1. The molecule has 6 heteroatoms. The number of hydrogen-bond donors (Lipinski definition) is 2. The van der Waals surface area contributed by atoms with Crippen molar-refractivity contribution >= 4 is 11.9 Å². The Morgan fingerprint density at radius 1 is 1.00 bits per heavy atom. The van der Waals surface area contributed by atoms with Gasteiger partial charge in [0.25, 0.3) is 0 Å². The smallest absolute Gasteiger partial charge is 0.307 e. The summed E-state index contributed by atoms with van der Waals surface area (Å²) in [5.74, 6) is -2.18. The van der Waals surface area contributed by atoms with Crippen LogP contribution in [0.25, 0.3) is 0 Å². The van der Waals surface area contributed by atoms with Crippen LogP contribution in [0.3, 0.4) is 0 Å². The second-order valence-corrected chi connectivity index (χ2v) is 4.71. The average Bonchev–Trinajstić information content (AvgIpc) is 2.36. The molecule has 0 bridgehead atoms. The minimum absolute atomic E-state index is 0.0462.